The van der Waals surface area contributed by atoms with Gasteiger partial charge < -0.3 is 20.3 Å². The molecule has 0 unspecified atom stereocenters. The monoisotopic (exact) mass is 762 g/mol. The van der Waals surface area contributed by atoms with Gasteiger partial charge in [-0.05, 0) is 51.1 Å². The summed E-state index contributed by atoms with van der Waals surface area (Å²) in [4.78, 5) is 62.4. The van der Waals surface area contributed by atoms with Crippen LogP contribution in [0.4, 0.5) is 4.79 Å². The second-order valence-corrected chi connectivity index (χ2v) is 17.3. The van der Waals surface area contributed by atoms with E-state index in [4.69, 9.17) is 4.74 Å². The van der Waals surface area contributed by atoms with Crippen LogP contribution < -0.4 is 15.4 Å². The predicted molar refractivity (Wildman–Crippen MR) is 203 cm³/mol. The van der Waals surface area contributed by atoms with Gasteiger partial charge in [-0.2, -0.15) is 0 Å². The molecule has 2 aromatic rings. The Labute approximate surface area is 313 Å². The Morgan fingerprint density at radius 1 is 1.12 bits per heavy atom. The van der Waals surface area contributed by atoms with Crippen molar-refractivity contribution >= 4 is 45.1 Å². The van der Waals surface area contributed by atoms with Crippen molar-refractivity contribution in [2.45, 2.75) is 97.4 Å². The van der Waals surface area contributed by atoms with Gasteiger partial charge in [0.1, 0.15) is 10.7 Å². The molecule has 0 spiro atoms. The number of rotatable bonds is 20. The third-order valence-corrected chi connectivity index (χ3v) is 12.0. The first kappa shape index (κ1) is 43.0. The Bertz CT molecular complexity index is 1620. The number of benzene rings is 1. The number of carbonyl (C=O) groups is 4. The van der Waals surface area contributed by atoms with Gasteiger partial charge in [-0.15, -0.1) is 11.3 Å². The van der Waals surface area contributed by atoms with Gasteiger partial charge in [0.05, 0.1) is 11.8 Å². The summed E-state index contributed by atoms with van der Waals surface area (Å²) < 4.78 is 32.1. The summed E-state index contributed by atoms with van der Waals surface area (Å²) in [6.07, 6.45) is 1.76. The first-order chi connectivity index (χ1) is 24.4. The van der Waals surface area contributed by atoms with E-state index in [9.17, 15) is 27.6 Å². The molecule has 1 aliphatic heterocycles. The minimum Gasteiger partial charge on any atom is -0.439 e. The van der Waals surface area contributed by atoms with Crippen molar-refractivity contribution in [3.63, 3.8) is 0 Å². The Hall–Kier alpha value is -3.40. The standard InChI is InChI=1S/C37H58N6O7S2/c1-10-25(5)28(20-32(44)37(6)17-18-42(37)7)35(46)43(8)30(24(3)4)21-31(50-36(47)38-11-2)34-41-29(23-51-34)33(45)40-27(22-39-52(9,48)49)19-26-15-13-12-14-16-26/h12-16,23-25,27-28,30-31,39H,10-11,17-22H2,1-9H3,(H,38,47)(H,40,45)/t25-,27-,28-,30+,31+,37+/m0/s1. The number of nitrogens with one attached hydrogen (secondary N) is 3. The molecule has 0 saturated carbocycles. The molecule has 6 atom stereocenters. The van der Waals surface area contributed by atoms with Crippen molar-refractivity contribution in [2.75, 3.05) is 40.0 Å². The number of likely N-dealkylation sites (N-methyl/N-ethyl adjacent to an activating group) is 1. The lowest BCUT2D eigenvalue weighted by Gasteiger charge is -2.48. The Morgan fingerprint density at radius 3 is 2.33 bits per heavy atom. The van der Waals surface area contributed by atoms with Crippen LogP contribution in [0.5, 0.6) is 0 Å². The average molecular weight is 763 g/mol. The molecule has 0 bridgehead atoms. The number of thiazole rings is 1. The van der Waals surface area contributed by atoms with E-state index in [0.717, 1.165) is 42.5 Å². The maximum Gasteiger partial charge on any atom is 0.407 e. The van der Waals surface area contributed by atoms with Gasteiger partial charge in [0.25, 0.3) is 5.91 Å². The maximum atomic E-state index is 14.3. The van der Waals surface area contributed by atoms with Gasteiger partial charge in [-0.3, -0.25) is 19.3 Å². The van der Waals surface area contributed by atoms with Gasteiger partial charge in [0.2, 0.25) is 15.9 Å². The zero-order valence-corrected chi connectivity index (χ0v) is 33.7. The molecular formula is C37H58N6O7S2. The number of hydrogen-bond acceptors (Lipinski definition) is 10. The van der Waals surface area contributed by atoms with E-state index in [2.05, 4.69) is 20.3 Å². The fraction of sp³-hybridized carbons (Fsp3) is 0.649. The van der Waals surface area contributed by atoms with Crippen LogP contribution in [0.15, 0.2) is 35.7 Å². The fourth-order valence-electron chi connectivity index (χ4n) is 6.42. The predicted octanol–water partition coefficient (Wildman–Crippen LogP) is 4.41. The lowest BCUT2D eigenvalue weighted by molar-refractivity contribution is -0.146. The van der Waals surface area contributed by atoms with Gasteiger partial charge >= 0.3 is 6.09 Å². The summed E-state index contributed by atoms with van der Waals surface area (Å²) in [5, 5.41) is 7.51. The molecule has 1 saturated heterocycles. The number of likely N-dealkylation sites (tertiary alicyclic amines) is 1. The minimum absolute atomic E-state index is 0.0188. The number of carbonyl (C=O) groups excluding carboxylic acids is 4. The molecule has 3 amide bonds. The molecular weight excluding hydrogens is 705 g/mol. The molecule has 0 radical (unpaired) electrons. The maximum absolute atomic E-state index is 14.3. The van der Waals surface area contributed by atoms with Crippen LogP contribution in [0.3, 0.4) is 0 Å². The second kappa shape index (κ2) is 19.1. The number of sulfonamides is 1. The van der Waals surface area contributed by atoms with Crippen molar-refractivity contribution in [3.8, 4) is 0 Å². The van der Waals surface area contributed by atoms with E-state index < -0.39 is 51.7 Å². The Morgan fingerprint density at radius 2 is 1.79 bits per heavy atom. The van der Waals surface area contributed by atoms with Gasteiger partial charge in [-0.25, -0.2) is 22.9 Å². The van der Waals surface area contributed by atoms with Crippen LogP contribution in [-0.4, -0.2) is 105 Å². The number of ketones is 1. The molecule has 3 rings (SSSR count). The number of amides is 3. The second-order valence-electron chi connectivity index (χ2n) is 14.5. The average Bonchev–Trinajstić information content (AvgIpc) is 3.60. The van der Waals surface area contributed by atoms with E-state index >= 15 is 0 Å². The number of alkyl carbamates (subject to hydrolysis) is 1. The highest BCUT2D eigenvalue weighted by atomic mass is 32.2. The third-order valence-electron chi connectivity index (χ3n) is 10.4. The van der Waals surface area contributed by atoms with Gasteiger partial charge in [0, 0.05) is 62.9 Å². The normalized spacial score (nSPS) is 19.1. The van der Waals surface area contributed by atoms with Crippen LogP contribution in [0, 0.1) is 17.8 Å². The smallest absolute Gasteiger partial charge is 0.407 e. The molecule has 1 aromatic heterocycles. The summed E-state index contributed by atoms with van der Waals surface area (Å²) in [5.74, 6) is -1.15. The number of aromatic nitrogens is 1. The van der Waals surface area contributed by atoms with Gasteiger partial charge in [-0.1, -0.05) is 64.4 Å². The van der Waals surface area contributed by atoms with E-state index in [1.54, 1.807) is 24.3 Å². The zero-order chi connectivity index (χ0) is 38.8. The van der Waals surface area contributed by atoms with Crippen molar-refractivity contribution in [3.05, 3.63) is 52.0 Å². The molecule has 1 fully saturated rings. The quantitative estimate of drug-likeness (QED) is 0.177. The zero-order valence-electron chi connectivity index (χ0n) is 32.1. The van der Waals surface area contributed by atoms with Crippen molar-refractivity contribution in [1.29, 1.82) is 0 Å². The first-order valence-electron chi connectivity index (χ1n) is 18.1. The number of ether oxygens (including phenoxy) is 1. The molecule has 2 heterocycles. The minimum atomic E-state index is -3.51. The van der Waals surface area contributed by atoms with Gasteiger partial charge in [0.15, 0.2) is 11.9 Å². The highest BCUT2D eigenvalue weighted by molar-refractivity contribution is 7.88. The third kappa shape index (κ3) is 11.8. The van der Waals surface area contributed by atoms with E-state index in [1.807, 2.05) is 76.9 Å². The van der Waals surface area contributed by atoms with Crippen LogP contribution >= 0.6 is 11.3 Å². The van der Waals surface area contributed by atoms with Crippen molar-refractivity contribution in [2.24, 2.45) is 17.8 Å². The molecule has 52 heavy (non-hydrogen) atoms. The summed E-state index contributed by atoms with van der Waals surface area (Å²) in [7, 11) is 0.167. The van der Waals surface area contributed by atoms with Crippen molar-refractivity contribution in [1.82, 2.24) is 30.1 Å². The molecule has 0 aliphatic carbocycles. The highest BCUT2D eigenvalue weighted by Gasteiger charge is 2.46. The number of nitrogens with zero attached hydrogens (tertiary/aromatic N) is 3. The summed E-state index contributed by atoms with van der Waals surface area (Å²) in [6, 6.07) is 8.44. The summed E-state index contributed by atoms with van der Waals surface area (Å²) >= 11 is 1.16. The van der Waals surface area contributed by atoms with Crippen molar-refractivity contribution < 1.29 is 32.3 Å². The molecule has 1 aromatic carbocycles. The molecule has 290 valence electrons. The van der Waals surface area contributed by atoms with E-state index in [-0.39, 0.29) is 48.6 Å². The summed E-state index contributed by atoms with van der Waals surface area (Å²) in [5.41, 5.74) is 0.450. The lowest BCUT2D eigenvalue weighted by atomic mass is 9.76. The topological polar surface area (TPSA) is 167 Å². The molecule has 13 nitrogen and oxygen atoms in total. The molecule has 15 heteroatoms. The Kier molecular flexibility index (Phi) is 15.8. The highest BCUT2D eigenvalue weighted by Crippen LogP contribution is 2.35. The fourth-order valence-corrected chi connectivity index (χ4v) is 7.76. The van der Waals surface area contributed by atoms with Crippen LogP contribution in [0.1, 0.15) is 94.4 Å². The number of hydrogen-bond donors (Lipinski definition) is 3. The largest absolute Gasteiger partial charge is 0.439 e. The first-order valence-corrected chi connectivity index (χ1v) is 20.9. The molecule has 3 N–H and O–H groups in total. The van der Waals surface area contributed by atoms with Crippen LogP contribution in [0.2, 0.25) is 0 Å². The summed E-state index contributed by atoms with van der Waals surface area (Å²) in [6.45, 7) is 12.9. The lowest BCUT2D eigenvalue weighted by Crippen LogP contribution is -2.61. The van der Waals surface area contributed by atoms with Crippen LogP contribution in [-0.2, 0) is 30.8 Å². The Balaban J connectivity index is 1.85. The molecule has 1 aliphatic rings. The van der Waals surface area contributed by atoms with Crippen LogP contribution in [0.25, 0.3) is 0 Å². The van der Waals surface area contributed by atoms with E-state index in [0.29, 0.717) is 18.0 Å². The number of Topliss-reactive ketones (excluding diaryl/α,β-unsaturated/α-hetero) is 1. The van der Waals surface area contributed by atoms with E-state index in [1.165, 1.54) is 0 Å². The SMILES string of the molecule is CCNC(=O)O[C@H](C[C@H](C(C)C)N(C)C(=O)[C@@H](CC(=O)[C@@]1(C)CCN1C)[C@@H](C)CC)c1nc(C(=O)N[C@H](CNS(C)(=O)=O)Cc2ccccc2)cs1.